The van der Waals surface area contributed by atoms with Crippen molar-refractivity contribution in [1.82, 2.24) is 20.1 Å². The zero-order valence-corrected chi connectivity index (χ0v) is 10.2. The van der Waals surface area contributed by atoms with Crippen LogP contribution in [0.4, 0.5) is 0 Å². The van der Waals surface area contributed by atoms with Crippen LogP contribution >= 0.6 is 0 Å². The third-order valence-electron chi connectivity index (χ3n) is 2.08. The molecule has 1 rings (SSSR count). The van der Waals surface area contributed by atoms with Crippen LogP contribution in [-0.4, -0.2) is 52.2 Å². The third kappa shape index (κ3) is 3.54. The topological polar surface area (TPSA) is 88.2 Å². The molecule has 0 aromatic carbocycles. The number of hydrogen-bond donors (Lipinski definition) is 1. The van der Waals surface area contributed by atoms with Gasteiger partial charge in [-0.05, 0) is 6.92 Å². The summed E-state index contributed by atoms with van der Waals surface area (Å²) in [6, 6.07) is 0. The molecule has 1 N–H and O–H groups in total. The van der Waals surface area contributed by atoms with E-state index in [0.29, 0.717) is 18.9 Å². The average Bonchev–Trinajstić information content (AvgIpc) is 2.76. The first-order valence-corrected chi connectivity index (χ1v) is 5.40. The Kier molecular flexibility index (Phi) is 4.62. The van der Waals surface area contributed by atoms with Crippen LogP contribution in [-0.2, 0) is 16.0 Å². The molecular formula is C10H16N4O3. The first kappa shape index (κ1) is 13.1. The predicted molar refractivity (Wildman–Crippen MR) is 59.4 cm³/mol. The minimum absolute atomic E-state index is 0.0636. The fourth-order valence-corrected chi connectivity index (χ4v) is 1.19. The number of amides is 1. The quantitative estimate of drug-likeness (QED) is 0.732. The van der Waals surface area contributed by atoms with E-state index >= 15 is 0 Å². The van der Waals surface area contributed by atoms with Gasteiger partial charge in [-0.15, -0.1) is 5.10 Å². The molecule has 0 radical (unpaired) electrons. The van der Waals surface area contributed by atoms with Gasteiger partial charge in [-0.25, -0.2) is 4.98 Å². The summed E-state index contributed by atoms with van der Waals surface area (Å²) in [5.41, 5.74) is 0. The maximum absolute atomic E-state index is 11.8. The van der Waals surface area contributed by atoms with E-state index in [0.717, 1.165) is 0 Å². The highest BCUT2D eigenvalue weighted by Crippen LogP contribution is 1.98. The van der Waals surface area contributed by atoms with Gasteiger partial charge in [0.05, 0.1) is 6.61 Å². The number of aryl methyl sites for hydroxylation is 1. The van der Waals surface area contributed by atoms with Crippen LogP contribution in [0.1, 0.15) is 30.3 Å². The fraction of sp³-hybridized carbons (Fsp3) is 0.600. The number of carbonyl (C=O) groups excluding carboxylic acids is 2. The Morgan fingerprint density at radius 2 is 2.12 bits per heavy atom. The number of nitrogens with zero attached hydrogens (tertiary/aromatic N) is 3. The summed E-state index contributed by atoms with van der Waals surface area (Å²) in [5, 5.41) is 6.43. The Balaban J connectivity index is 2.60. The Bertz CT molecular complexity index is 402. The van der Waals surface area contributed by atoms with Crippen LogP contribution in [0.2, 0.25) is 0 Å². The van der Waals surface area contributed by atoms with Gasteiger partial charge < -0.3 is 9.64 Å². The van der Waals surface area contributed by atoms with E-state index in [-0.39, 0.29) is 12.4 Å². The molecule has 0 aliphatic heterocycles. The SMILES string of the molecule is CCOC(=O)CN(C)C(=O)c1n[nH]c(CC)n1. The number of H-pyrrole nitrogens is 1. The molecule has 0 aliphatic carbocycles. The number of likely N-dealkylation sites (N-methyl/N-ethyl adjacent to an activating group) is 1. The van der Waals surface area contributed by atoms with Crippen molar-refractivity contribution in [3.8, 4) is 0 Å². The molecule has 1 amide bonds. The summed E-state index contributed by atoms with van der Waals surface area (Å²) >= 11 is 0. The fourth-order valence-electron chi connectivity index (χ4n) is 1.19. The van der Waals surface area contributed by atoms with E-state index < -0.39 is 11.9 Å². The summed E-state index contributed by atoms with van der Waals surface area (Å²) in [7, 11) is 1.50. The van der Waals surface area contributed by atoms with E-state index in [2.05, 4.69) is 15.2 Å². The number of carbonyl (C=O) groups is 2. The van der Waals surface area contributed by atoms with Crippen LogP contribution < -0.4 is 0 Å². The Morgan fingerprint density at radius 3 is 2.65 bits per heavy atom. The van der Waals surface area contributed by atoms with Gasteiger partial charge in [0.25, 0.3) is 5.91 Å². The molecule has 0 bridgehead atoms. The van der Waals surface area contributed by atoms with Gasteiger partial charge >= 0.3 is 5.97 Å². The lowest BCUT2D eigenvalue weighted by molar-refractivity contribution is -0.143. The molecule has 1 aromatic heterocycles. The predicted octanol–water partition coefficient (Wildman–Crippen LogP) is 0.00220. The highest BCUT2D eigenvalue weighted by molar-refractivity contribution is 5.92. The molecule has 17 heavy (non-hydrogen) atoms. The molecule has 0 saturated heterocycles. The van der Waals surface area contributed by atoms with Crippen molar-refractivity contribution >= 4 is 11.9 Å². The number of aromatic nitrogens is 3. The van der Waals surface area contributed by atoms with Crippen molar-refractivity contribution in [3.05, 3.63) is 11.6 Å². The second kappa shape index (κ2) is 5.97. The number of rotatable bonds is 5. The molecule has 7 nitrogen and oxygen atoms in total. The van der Waals surface area contributed by atoms with Crippen molar-refractivity contribution in [2.45, 2.75) is 20.3 Å². The molecule has 0 spiro atoms. The van der Waals surface area contributed by atoms with Crippen LogP contribution in [0.3, 0.4) is 0 Å². The first-order chi connectivity index (χ1) is 8.08. The maximum atomic E-state index is 11.8. The summed E-state index contributed by atoms with van der Waals surface area (Å²) in [4.78, 5) is 28.2. The molecule has 94 valence electrons. The summed E-state index contributed by atoms with van der Waals surface area (Å²) in [6.07, 6.45) is 0.669. The largest absolute Gasteiger partial charge is 0.465 e. The minimum atomic E-state index is -0.449. The standard InChI is InChI=1S/C10H16N4O3/c1-4-7-11-9(13-12-7)10(16)14(3)6-8(15)17-5-2/h4-6H2,1-3H3,(H,11,12,13). The lowest BCUT2D eigenvalue weighted by Gasteiger charge is -2.13. The van der Waals surface area contributed by atoms with Crippen molar-refractivity contribution in [2.75, 3.05) is 20.2 Å². The van der Waals surface area contributed by atoms with Crippen LogP contribution in [0.25, 0.3) is 0 Å². The molecular weight excluding hydrogens is 224 g/mol. The average molecular weight is 240 g/mol. The van der Waals surface area contributed by atoms with Gasteiger partial charge in [-0.2, -0.15) is 0 Å². The monoisotopic (exact) mass is 240 g/mol. The molecule has 1 heterocycles. The Hall–Kier alpha value is -1.92. The lowest BCUT2D eigenvalue weighted by atomic mass is 10.4. The van der Waals surface area contributed by atoms with Crippen molar-refractivity contribution < 1.29 is 14.3 Å². The highest BCUT2D eigenvalue weighted by atomic mass is 16.5. The zero-order valence-electron chi connectivity index (χ0n) is 10.2. The minimum Gasteiger partial charge on any atom is -0.465 e. The first-order valence-electron chi connectivity index (χ1n) is 5.40. The zero-order chi connectivity index (χ0) is 12.8. The van der Waals surface area contributed by atoms with Gasteiger partial charge in [-0.3, -0.25) is 14.7 Å². The van der Waals surface area contributed by atoms with Gasteiger partial charge in [-0.1, -0.05) is 6.92 Å². The van der Waals surface area contributed by atoms with Gasteiger partial charge in [0, 0.05) is 13.5 Å². The number of esters is 1. The van der Waals surface area contributed by atoms with E-state index in [1.807, 2.05) is 6.92 Å². The second-order valence-electron chi connectivity index (χ2n) is 3.43. The van der Waals surface area contributed by atoms with Crippen LogP contribution in [0, 0.1) is 0 Å². The van der Waals surface area contributed by atoms with Gasteiger partial charge in [0.2, 0.25) is 5.82 Å². The Morgan fingerprint density at radius 1 is 1.41 bits per heavy atom. The van der Waals surface area contributed by atoms with Gasteiger partial charge in [0.1, 0.15) is 12.4 Å². The molecule has 0 fully saturated rings. The summed E-state index contributed by atoms with van der Waals surface area (Å²) < 4.78 is 4.74. The molecule has 0 unspecified atom stereocenters. The number of hydrogen-bond acceptors (Lipinski definition) is 5. The normalized spacial score (nSPS) is 10.1. The van der Waals surface area contributed by atoms with Crippen molar-refractivity contribution in [3.63, 3.8) is 0 Å². The number of aromatic amines is 1. The molecule has 0 aliphatic rings. The number of nitrogens with one attached hydrogen (secondary N) is 1. The van der Waals surface area contributed by atoms with Crippen molar-refractivity contribution in [2.24, 2.45) is 0 Å². The highest BCUT2D eigenvalue weighted by Gasteiger charge is 2.19. The summed E-state index contributed by atoms with van der Waals surface area (Å²) in [5.74, 6) is -0.157. The number of ether oxygens (including phenoxy) is 1. The maximum Gasteiger partial charge on any atom is 0.325 e. The molecule has 0 atom stereocenters. The van der Waals surface area contributed by atoms with Gasteiger partial charge in [0.15, 0.2) is 0 Å². The molecule has 1 aromatic rings. The van der Waals surface area contributed by atoms with Crippen LogP contribution in [0.5, 0.6) is 0 Å². The molecule has 7 heteroatoms. The van der Waals surface area contributed by atoms with E-state index in [9.17, 15) is 9.59 Å². The van der Waals surface area contributed by atoms with E-state index in [4.69, 9.17) is 4.74 Å². The smallest absolute Gasteiger partial charge is 0.325 e. The van der Waals surface area contributed by atoms with Crippen LogP contribution in [0.15, 0.2) is 0 Å². The summed E-state index contributed by atoms with van der Waals surface area (Å²) in [6.45, 7) is 3.80. The van der Waals surface area contributed by atoms with E-state index in [1.165, 1.54) is 11.9 Å². The van der Waals surface area contributed by atoms with E-state index in [1.54, 1.807) is 6.92 Å². The molecule has 0 saturated carbocycles. The lowest BCUT2D eigenvalue weighted by Crippen LogP contribution is -2.33. The Labute approximate surface area is 99.2 Å². The third-order valence-corrected chi connectivity index (χ3v) is 2.08. The second-order valence-corrected chi connectivity index (χ2v) is 3.43. The van der Waals surface area contributed by atoms with Crippen molar-refractivity contribution in [1.29, 1.82) is 0 Å².